The Hall–Kier alpha value is -1.83. The molecule has 8 heteroatoms. The molecule has 0 atom stereocenters. The third kappa shape index (κ3) is 3.63. The third-order valence-electron chi connectivity index (χ3n) is 3.21. The Bertz CT molecular complexity index is 507. The molecule has 1 fully saturated rings. The topological polar surface area (TPSA) is 49.8 Å². The van der Waals surface area contributed by atoms with Gasteiger partial charge >= 0.3 is 6.61 Å². The molecule has 1 aromatic carbocycles. The maximum atomic E-state index is 13.8. The van der Waals surface area contributed by atoms with Crippen LogP contribution in [0.2, 0.25) is 0 Å². The summed E-state index contributed by atoms with van der Waals surface area (Å²) in [6.07, 6.45) is 0.105. The number of ether oxygens (including phenoxy) is 1. The number of likely N-dealkylation sites (tertiary alicyclic amines) is 1. The standard InChI is InChI=1S/C13H13F4NO3/c14-9-5-8(21-13(16)17)6-10(15)11(9)12(20)18-3-1-7(19)2-4-18/h5-7,13,19H,1-4H2. The summed E-state index contributed by atoms with van der Waals surface area (Å²) in [6, 6.07) is 1.09. The molecule has 0 bridgehead atoms. The number of hydrogen-bond acceptors (Lipinski definition) is 3. The van der Waals surface area contributed by atoms with Gasteiger partial charge in [0.1, 0.15) is 22.9 Å². The minimum absolute atomic E-state index is 0.175. The quantitative estimate of drug-likeness (QED) is 0.871. The number of rotatable bonds is 3. The first kappa shape index (κ1) is 15.6. The zero-order chi connectivity index (χ0) is 15.6. The van der Waals surface area contributed by atoms with Gasteiger partial charge < -0.3 is 14.7 Å². The van der Waals surface area contributed by atoms with Crippen molar-refractivity contribution in [2.45, 2.75) is 25.6 Å². The maximum Gasteiger partial charge on any atom is 0.387 e. The summed E-state index contributed by atoms with van der Waals surface area (Å²) >= 11 is 0. The van der Waals surface area contributed by atoms with Gasteiger partial charge in [0.25, 0.3) is 5.91 Å². The van der Waals surface area contributed by atoms with Crippen LogP contribution in [0.3, 0.4) is 0 Å². The molecule has 0 aliphatic carbocycles. The van der Waals surface area contributed by atoms with Crippen LogP contribution in [0.25, 0.3) is 0 Å². The smallest absolute Gasteiger partial charge is 0.387 e. The summed E-state index contributed by atoms with van der Waals surface area (Å²) in [7, 11) is 0. The Morgan fingerprint density at radius 3 is 2.24 bits per heavy atom. The lowest BCUT2D eigenvalue weighted by molar-refractivity contribution is -0.0501. The van der Waals surface area contributed by atoms with E-state index in [2.05, 4.69) is 4.74 Å². The van der Waals surface area contributed by atoms with Crippen molar-refractivity contribution < 1.29 is 32.2 Å². The first-order valence-corrected chi connectivity index (χ1v) is 6.29. The SMILES string of the molecule is O=C(c1c(F)cc(OC(F)F)cc1F)N1CCC(O)CC1. The monoisotopic (exact) mass is 307 g/mol. The molecule has 1 saturated heterocycles. The maximum absolute atomic E-state index is 13.8. The van der Waals surface area contributed by atoms with Crippen LogP contribution >= 0.6 is 0 Å². The zero-order valence-corrected chi connectivity index (χ0v) is 10.9. The van der Waals surface area contributed by atoms with Crippen LogP contribution in [0.4, 0.5) is 17.6 Å². The number of carbonyl (C=O) groups excluding carboxylic acids is 1. The highest BCUT2D eigenvalue weighted by Crippen LogP contribution is 2.24. The van der Waals surface area contributed by atoms with Gasteiger partial charge in [-0.1, -0.05) is 0 Å². The molecule has 1 aliphatic heterocycles. The Balaban J connectivity index is 2.21. The fourth-order valence-electron chi connectivity index (χ4n) is 2.15. The number of hydrogen-bond donors (Lipinski definition) is 1. The summed E-state index contributed by atoms with van der Waals surface area (Å²) < 4.78 is 55.5. The highest BCUT2D eigenvalue weighted by atomic mass is 19.3. The number of aliphatic hydroxyl groups is 1. The Morgan fingerprint density at radius 2 is 1.76 bits per heavy atom. The van der Waals surface area contributed by atoms with Crippen molar-refractivity contribution in [3.63, 3.8) is 0 Å². The fraction of sp³-hybridized carbons (Fsp3) is 0.462. The second-order valence-electron chi connectivity index (χ2n) is 4.66. The number of benzene rings is 1. The van der Waals surface area contributed by atoms with Crippen LogP contribution in [-0.4, -0.2) is 41.7 Å². The number of amides is 1. The number of halogens is 4. The molecule has 116 valence electrons. The predicted octanol–water partition coefficient (Wildman–Crippen LogP) is 2.16. The van der Waals surface area contributed by atoms with Gasteiger partial charge in [0, 0.05) is 25.2 Å². The van der Waals surface area contributed by atoms with Gasteiger partial charge in [-0.15, -0.1) is 0 Å². The Morgan fingerprint density at radius 1 is 1.24 bits per heavy atom. The van der Waals surface area contributed by atoms with E-state index in [0.717, 1.165) is 0 Å². The molecule has 0 radical (unpaired) electrons. The average Bonchev–Trinajstić information content (AvgIpc) is 2.37. The zero-order valence-electron chi connectivity index (χ0n) is 10.9. The lowest BCUT2D eigenvalue weighted by Crippen LogP contribution is -2.40. The third-order valence-corrected chi connectivity index (χ3v) is 3.21. The summed E-state index contributed by atoms with van der Waals surface area (Å²) in [4.78, 5) is 13.3. The summed E-state index contributed by atoms with van der Waals surface area (Å²) in [5.41, 5.74) is -0.812. The van der Waals surface area contributed by atoms with Crippen molar-refractivity contribution >= 4 is 5.91 Å². The molecule has 2 rings (SSSR count). The van der Waals surface area contributed by atoms with E-state index in [4.69, 9.17) is 0 Å². The number of carbonyl (C=O) groups is 1. The highest BCUT2D eigenvalue weighted by molar-refractivity contribution is 5.95. The molecule has 0 unspecified atom stereocenters. The summed E-state index contributed by atoms with van der Waals surface area (Å²) in [5.74, 6) is -4.09. The molecule has 21 heavy (non-hydrogen) atoms. The minimum Gasteiger partial charge on any atom is -0.435 e. The lowest BCUT2D eigenvalue weighted by atomic mass is 10.1. The van der Waals surface area contributed by atoms with E-state index in [-0.39, 0.29) is 13.1 Å². The molecule has 0 saturated carbocycles. The molecule has 4 nitrogen and oxygen atoms in total. The van der Waals surface area contributed by atoms with Gasteiger partial charge in [0.05, 0.1) is 6.10 Å². The average molecular weight is 307 g/mol. The molecule has 0 spiro atoms. The van der Waals surface area contributed by atoms with Gasteiger partial charge in [-0.25, -0.2) is 8.78 Å². The summed E-state index contributed by atoms with van der Waals surface area (Å²) in [5, 5.41) is 9.34. The van der Waals surface area contributed by atoms with E-state index >= 15 is 0 Å². The van der Waals surface area contributed by atoms with E-state index in [1.54, 1.807) is 0 Å². The highest BCUT2D eigenvalue weighted by Gasteiger charge is 2.27. The largest absolute Gasteiger partial charge is 0.435 e. The molecule has 1 heterocycles. The molecule has 1 N–H and O–H groups in total. The van der Waals surface area contributed by atoms with Crippen LogP contribution in [0.1, 0.15) is 23.2 Å². The predicted molar refractivity (Wildman–Crippen MR) is 64.1 cm³/mol. The van der Waals surface area contributed by atoms with Crippen LogP contribution in [0.15, 0.2) is 12.1 Å². The van der Waals surface area contributed by atoms with Gasteiger partial charge in [-0.2, -0.15) is 8.78 Å². The molecule has 1 aliphatic rings. The number of piperidine rings is 1. The summed E-state index contributed by atoms with van der Waals surface area (Å²) in [6.45, 7) is -2.86. The Kier molecular flexibility index (Phi) is 4.66. The Labute approximate surface area is 117 Å². The molecule has 0 aromatic heterocycles. The van der Waals surface area contributed by atoms with Gasteiger partial charge in [-0.3, -0.25) is 4.79 Å². The van der Waals surface area contributed by atoms with Crippen LogP contribution in [0, 0.1) is 11.6 Å². The lowest BCUT2D eigenvalue weighted by Gasteiger charge is -2.29. The van der Waals surface area contributed by atoms with E-state index in [1.165, 1.54) is 4.90 Å². The van der Waals surface area contributed by atoms with Crippen molar-refractivity contribution in [2.75, 3.05) is 13.1 Å². The van der Waals surface area contributed by atoms with Crippen molar-refractivity contribution in [3.05, 3.63) is 29.3 Å². The van der Waals surface area contributed by atoms with Crippen LogP contribution in [0.5, 0.6) is 5.75 Å². The van der Waals surface area contributed by atoms with Crippen molar-refractivity contribution in [1.29, 1.82) is 0 Å². The van der Waals surface area contributed by atoms with Gasteiger partial charge in [0.2, 0.25) is 0 Å². The van der Waals surface area contributed by atoms with E-state index < -0.39 is 41.6 Å². The number of alkyl halides is 2. The second-order valence-corrected chi connectivity index (χ2v) is 4.66. The normalized spacial score (nSPS) is 16.4. The molecule has 1 aromatic rings. The first-order chi connectivity index (χ1) is 9.88. The number of aliphatic hydroxyl groups excluding tert-OH is 1. The van der Waals surface area contributed by atoms with Crippen LogP contribution < -0.4 is 4.74 Å². The second kappa shape index (κ2) is 6.30. The molecule has 1 amide bonds. The van der Waals surface area contributed by atoms with E-state index in [1.807, 2.05) is 0 Å². The van der Waals surface area contributed by atoms with Crippen LogP contribution in [-0.2, 0) is 0 Å². The van der Waals surface area contributed by atoms with Gasteiger partial charge in [0.15, 0.2) is 0 Å². The van der Waals surface area contributed by atoms with Crippen molar-refractivity contribution in [3.8, 4) is 5.75 Å². The number of nitrogens with zero attached hydrogens (tertiary/aromatic N) is 1. The molecular formula is C13H13F4NO3. The van der Waals surface area contributed by atoms with E-state index in [0.29, 0.717) is 25.0 Å². The molecular weight excluding hydrogens is 294 g/mol. The van der Waals surface area contributed by atoms with Crippen molar-refractivity contribution in [1.82, 2.24) is 4.90 Å². The first-order valence-electron chi connectivity index (χ1n) is 6.29. The van der Waals surface area contributed by atoms with Gasteiger partial charge in [-0.05, 0) is 12.8 Å². The fourth-order valence-corrected chi connectivity index (χ4v) is 2.15. The van der Waals surface area contributed by atoms with E-state index in [9.17, 15) is 27.5 Å². The van der Waals surface area contributed by atoms with Crippen molar-refractivity contribution in [2.24, 2.45) is 0 Å². The minimum atomic E-state index is -3.21.